The Labute approximate surface area is 162 Å². The lowest BCUT2D eigenvalue weighted by molar-refractivity contribution is -0.384. The minimum Gasteiger partial charge on any atom is -0.346 e. The fourth-order valence-electron chi connectivity index (χ4n) is 3.11. The predicted molar refractivity (Wildman–Crippen MR) is 107 cm³/mol. The number of rotatable bonds is 6. The van der Waals surface area contributed by atoms with Crippen LogP contribution in [0.3, 0.4) is 0 Å². The van der Waals surface area contributed by atoms with Gasteiger partial charge in [0.2, 0.25) is 11.8 Å². The van der Waals surface area contributed by atoms with Crippen LogP contribution in [0, 0.1) is 10.1 Å². The van der Waals surface area contributed by atoms with Crippen LogP contribution in [0.2, 0.25) is 0 Å². The Morgan fingerprint density at radius 2 is 2.00 bits per heavy atom. The number of nitro benzene ring substituents is 1. The normalized spacial score (nSPS) is 15.0. The number of nitro groups is 1. The fraction of sp³-hybridized carbons (Fsp3) is 0.238. The van der Waals surface area contributed by atoms with Crippen LogP contribution in [-0.2, 0) is 9.59 Å². The van der Waals surface area contributed by atoms with E-state index in [2.05, 4.69) is 5.32 Å². The molecule has 144 valence electrons. The number of carbonyl (C=O) groups is 2. The maximum atomic E-state index is 12.2. The number of amides is 2. The Hall–Kier alpha value is -3.48. The maximum Gasteiger partial charge on any atom is 0.269 e. The molecule has 1 heterocycles. The molecule has 2 aromatic carbocycles. The molecule has 0 bridgehead atoms. The van der Waals surface area contributed by atoms with Crippen LogP contribution < -0.4 is 10.2 Å². The van der Waals surface area contributed by atoms with Crippen LogP contribution in [0.1, 0.15) is 36.9 Å². The van der Waals surface area contributed by atoms with Crippen molar-refractivity contribution < 1.29 is 14.5 Å². The monoisotopic (exact) mass is 379 g/mol. The van der Waals surface area contributed by atoms with E-state index in [0.717, 1.165) is 24.2 Å². The Bertz CT molecular complexity index is 922. The van der Waals surface area contributed by atoms with E-state index in [1.54, 1.807) is 30.0 Å². The zero-order chi connectivity index (χ0) is 20.1. The minimum absolute atomic E-state index is 0.00860. The van der Waals surface area contributed by atoms with E-state index in [9.17, 15) is 19.7 Å². The summed E-state index contributed by atoms with van der Waals surface area (Å²) >= 11 is 0. The van der Waals surface area contributed by atoms with E-state index >= 15 is 0 Å². The van der Waals surface area contributed by atoms with Crippen LogP contribution in [0.4, 0.5) is 11.4 Å². The molecule has 2 amide bonds. The molecule has 0 saturated carbocycles. The van der Waals surface area contributed by atoms with Gasteiger partial charge in [0.25, 0.3) is 5.69 Å². The lowest BCUT2D eigenvalue weighted by atomic mass is 10.1. The van der Waals surface area contributed by atoms with Crippen molar-refractivity contribution in [3.63, 3.8) is 0 Å². The maximum absolute atomic E-state index is 12.2. The molecule has 2 aromatic rings. The average molecular weight is 379 g/mol. The SMILES string of the molecule is CC(NC(=O)C=Cc1ccc(N2CCCC2=O)cc1)c1cccc([N+](=O)[O-])c1. The molecule has 28 heavy (non-hydrogen) atoms. The standard InChI is InChI=1S/C21H21N3O4/c1-15(17-4-2-5-19(14-17)24(27)28)22-20(25)12-9-16-7-10-18(11-8-16)23-13-3-6-21(23)26/h2,4-5,7-12,14-15H,3,6,13H2,1H3,(H,22,25). The Balaban J connectivity index is 1.59. The quantitative estimate of drug-likeness (QED) is 0.471. The first-order chi connectivity index (χ1) is 13.4. The van der Waals surface area contributed by atoms with Gasteiger partial charge in [-0.25, -0.2) is 0 Å². The zero-order valence-corrected chi connectivity index (χ0v) is 15.5. The molecular weight excluding hydrogens is 358 g/mol. The number of nitrogens with one attached hydrogen (secondary N) is 1. The van der Waals surface area contributed by atoms with E-state index in [-0.39, 0.29) is 23.5 Å². The van der Waals surface area contributed by atoms with Crippen molar-refractivity contribution in [1.29, 1.82) is 0 Å². The van der Waals surface area contributed by atoms with Crippen molar-refractivity contribution >= 4 is 29.3 Å². The highest BCUT2D eigenvalue weighted by atomic mass is 16.6. The lowest BCUT2D eigenvalue weighted by Gasteiger charge is -2.15. The number of nitrogens with zero attached hydrogens (tertiary/aromatic N) is 2. The number of hydrogen-bond acceptors (Lipinski definition) is 4. The molecule has 1 aliphatic rings. The third kappa shape index (κ3) is 4.62. The molecule has 7 nitrogen and oxygen atoms in total. The minimum atomic E-state index is -0.461. The highest BCUT2D eigenvalue weighted by Gasteiger charge is 2.21. The van der Waals surface area contributed by atoms with E-state index < -0.39 is 4.92 Å². The van der Waals surface area contributed by atoms with E-state index in [0.29, 0.717) is 12.0 Å². The smallest absolute Gasteiger partial charge is 0.269 e. The molecule has 0 radical (unpaired) electrons. The van der Waals surface area contributed by atoms with E-state index in [4.69, 9.17) is 0 Å². The van der Waals surface area contributed by atoms with Crippen LogP contribution >= 0.6 is 0 Å². The number of hydrogen-bond donors (Lipinski definition) is 1. The number of anilines is 1. The van der Waals surface area contributed by atoms with Crippen LogP contribution in [0.15, 0.2) is 54.6 Å². The first-order valence-electron chi connectivity index (χ1n) is 9.07. The largest absolute Gasteiger partial charge is 0.346 e. The van der Waals surface area contributed by atoms with Crippen molar-refractivity contribution in [2.75, 3.05) is 11.4 Å². The van der Waals surface area contributed by atoms with Crippen LogP contribution in [0.5, 0.6) is 0 Å². The fourth-order valence-corrected chi connectivity index (χ4v) is 3.11. The molecule has 1 N–H and O–H groups in total. The van der Waals surface area contributed by atoms with Gasteiger partial charge in [0.1, 0.15) is 0 Å². The molecule has 1 saturated heterocycles. The highest BCUT2D eigenvalue weighted by molar-refractivity contribution is 5.95. The Morgan fingerprint density at radius 1 is 1.25 bits per heavy atom. The zero-order valence-electron chi connectivity index (χ0n) is 15.5. The van der Waals surface area contributed by atoms with Gasteiger partial charge in [-0.1, -0.05) is 24.3 Å². The van der Waals surface area contributed by atoms with Gasteiger partial charge in [0, 0.05) is 36.9 Å². The summed E-state index contributed by atoms with van der Waals surface area (Å²) in [5.41, 5.74) is 2.36. The molecule has 7 heteroatoms. The van der Waals surface area contributed by atoms with Gasteiger partial charge in [-0.3, -0.25) is 19.7 Å². The second-order valence-corrected chi connectivity index (χ2v) is 6.66. The summed E-state index contributed by atoms with van der Waals surface area (Å²) in [6, 6.07) is 13.3. The Kier molecular flexibility index (Phi) is 5.84. The van der Waals surface area contributed by atoms with Crippen molar-refractivity contribution in [3.8, 4) is 0 Å². The molecule has 1 fully saturated rings. The molecule has 1 atom stereocenters. The molecule has 0 aromatic heterocycles. The summed E-state index contributed by atoms with van der Waals surface area (Å²) in [7, 11) is 0. The number of benzene rings is 2. The molecule has 0 spiro atoms. The number of carbonyl (C=O) groups excluding carboxylic acids is 2. The van der Waals surface area contributed by atoms with Crippen LogP contribution in [-0.4, -0.2) is 23.3 Å². The molecule has 1 aliphatic heterocycles. The molecule has 0 aliphatic carbocycles. The lowest BCUT2D eigenvalue weighted by Crippen LogP contribution is -2.24. The van der Waals surface area contributed by atoms with Gasteiger partial charge in [-0.15, -0.1) is 0 Å². The van der Waals surface area contributed by atoms with Crippen molar-refractivity contribution in [2.24, 2.45) is 0 Å². The van der Waals surface area contributed by atoms with Gasteiger partial charge < -0.3 is 10.2 Å². The molecular formula is C21H21N3O4. The van der Waals surface area contributed by atoms with Crippen molar-refractivity contribution in [2.45, 2.75) is 25.8 Å². The second-order valence-electron chi connectivity index (χ2n) is 6.66. The predicted octanol–water partition coefficient (Wildman–Crippen LogP) is 3.61. The van der Waals surface area contributed by atoms with Crippen LogP contribution in [0.25, 0.3) is 6.08 Å². The van der Waals surface area contributed by atoms with E-state index in [1.807, 2.05) is 24.3 Å². The van der Waals surface area contributed by atoms with Gasteiger partial charge in [0.05, 0.1) is 11.0 Å². The van der Waals surface area contributed by atoms with Crippen molar-refractivity contribution in [1.82, 2.24) is 5.32 Å². The summed E-state index contributed by atoms with van der Waals surface area (Å²) in [6.07, 6.45) is 4.57. The third-order valence-electron chi connectivity index (χ3n) is 4.65. The molecule has 3 rings (SSSR count). The first-order valence-corrected chi connectivity index (χ1v) is 9.07. The van der Waals surface area contributed by atoms with E-state index in [1.165, 1.54) is 18.2 Å². The van der Waals surface area contributed by atoms with Gasteiger partial charge in [-0.2, -0.15) is 0 Å². The number of non-ortho nitro benzene ring substituents is 1. The summed E-state index contributed by atoms with van der Waals surface area (Å²) < 4.78 is 0. The summed E-state index contributed by atoms with van der Waals surface area (Å²) in [5.74, 6) is -0.157. The van der Waals surface area contributed by atoms with Gasteiger partial charge in [0.15, 0.2) is 0 Å². The highest BCUT2D eigenvalue weighted by Crippen LogP contribution is 2.22. The summed E-state index contributed by atoms with van der Waals surface area (Å²) in [6.45, 7) is 2.51. The topological polar surface area (TPSA) is 92.6 Å². The summed E-state index contributed by atoms with van der Waals surface area (Å²) in [5, 5.41) is 13.7. The Morgan fingerprint density at radius 3 is 2.64 bits per heavy atom. The third-order valence-corrected chi connectivity index (χ3v) is 4.65. The second kappa shape index (κ2) is 8.47. The molecule has 1 unspecified atom stereocenters. The first kappa shape index (κ1) is 19.3. The van der Waals surface area contributed by atoms with Gasteiger partial charge >= 0.3 is 0 Å². The van der Waals surface area contributed by atoms with Crippen molar-refractivity contribution in [3.05, 3.63) is 75.8 Å². The summed E-state index contributed by atoms with van der Waals surface area (Å²) in [4.78, 5) is 36.1. The average Bonchev–Trinajstić information content (AvgIpc) is 3.12. The van der Waals surface area contributed by atoms with Gasteiger partial charge in [-0.05, 0) is 42.7 Å².